The molecule has 1 N–H and O–H groups in total. The van der Waals surface area contributed by atoms with E-state index in [9.17, 15) is 0 Å². The zero-order valence-corrected chi connectivity index (χ0v) is 12.9. The zero-order valence-electron chi connectivity index (χ0n) is 12.1. The highest BCUT2D eigenvalue weighted by Gasteiger charge is 2.29. The van der Waals surface area contributed by atoms with E-state index in [1.54, 1.807) is 0 Å². The third-order valence-corrected chi connectivity index (χ3v) is 4.65. The molecule has 0 amide bonds. The van der Waals surface area contributed by atoms with Gasteiger partial charge in [0.25, 0.3) is 0 Å². The average molecular weight is 266 g/mol. The Morgan fingerprint density at radius 1 is 1.39 bits per heavy atom. The standard InChI is InChI=1S/C15H26N2S/c1-5-6-11(4)14(16-12-7-8-12)15-17-13(9-18-15)10(2)3/h9-12,14,16H,5-8H2,1-4H3. The van der Waals surface area contributed by atoms with Gasteiger partial charge in [0, 0.05) is 11.4 Å². The van der Waals surface area contributed by atoms with Crippen LogP contribution in [0.1, 0.15) is 76.0 Å². The maximum absolute atomic E-state index is 4.85. The van der Waals surface area contributed by atoms with Gasteiger partial charge in [0.1, 0.15) is 5.01 Å². The van der Waals surface area contributed by atoms with Crippen LogP contribution in [0.3, 0.4) is 0 Å². The summed E-state index contributed by atoms with van der Waals surface area (Å²) in [7, 11) is 0. The number of hydrogen-bond donors (Lipinski definition) is 1. The van der Waals surface area contributed by atoms with E-state index in [-0.39, 0.29) is 0 Å². The number of rotatable bonds is 7. The van der Waals surface area contributed by atoms with E-state index in [0.717, 1.165) is 6.04 Å². The lowest BCUT2D eigenvalue weighted by Gasteiger charge is -2.23. The Morgan fingerprint density at radius 2 is 2.11 bits per heavy atom. The van der Waals surface area contributed by atoms with Crippen LogP contribution in [0, 0.1) is 5.92 Å². The molecule has 2 rings (SSSR count). The van der Waals surface area contributed by atoms with Crippen molar-refractivity contribution in [1.82, 2.24) is 10.3 Å². The Morgan fingerprint density at radius 3 is 2.61 bits per heavy atom. The van der Waals surface area contributed by atoms with Gasteiger partial charge in [-0.15, -0.1) is 11.3 Å². The SMILES string of the molecule is CCCC(C)C(NC1CC1)c1nc(C(C)C)cs1. The Hall–Kier alpha value is -0.410. The van der Waals surface area contributed by atoms with Gasteiger partial charge in [-0.25, -0.2) is 4.98 Å². The van der Waals surface area contributed by atoms with E-state index in [2.05, 4.69) is 38.4 Å². The third kappa shape index (κ3) is 3.55. The predicted octanol–water partition coefficient (Wildman–Crippen LogP) is 4.50. The normalized spacial score (nSPS) is 19.2. The van der Waals surface area contributed by atoms with Gasteiger partial charge in [-0.05, 0) is 31.1 Å². The van der Waals surface area contributed by atoms with Crippen molar-refractivity contribution in [2.45, 2.75) is 71.4 Å². The molecule has 2 nitrogen and oxygen atoms in total. The average Bonchev–Trinajstić information content (AvgIpc) is 3.01. The number of nitrogens with zero attached hydrogens (tertiary/aromatic N) is 1. The smallest absolute Gasteiger partial charge is 0.110 e. The van der Waals surface area contributed by atoms with Crippen molar-refractivity contribution in [2.75, 3.05) is 0 Å². The highest BCUT2D eigenvalue weighted by Crippen LogP contribution is 2.33. The van der Waals surface area contributed by atoms with Gasteiger partial charge in [-0.1, -0.05) is 34.1 Å². The first kappa shape index (κ1) is 14.0. The van der Waals surface area contributed by atoms with E-state index >= 15 is 0 Å². The van der Waals surface area contributed by atoms with Gasteiger partial charge in [0.15, 0.2) is 0 Å². The molecular weight excluding hydrogens is 240 g/mol. The van der Waals surface area contributed by atoms with Crippen molar-refractivity contribution >= 4 is 11.3 Å². The van der Waals surface area contributed by atoms with Gasteiger partial charge in [-0.2, -0.15) is 0 Å². The van der Waals surface area contributed by atoms with Crippen LogP contribution < -0.4 is 5.32 Å². The number of hydrogen-bond acceptors (Lipinski definition) is 3. The molecule has 1 fully saturated rings. The number of aromatic nitrogens is 1. The van der Waals surface area contributed by atoms with Crippen molar-refractivity contribution in [1.29, 1.82) is 0 Å². The molecule has 1 aromatic heterocycles. The Bertz CT molecular complexity index is 368. The Kier molecular flexibility index (Phi) is 4.79. The quantitative estimate of drug-likeness (QED) is 0.786. The summed E-state index contributed by atoms with van der Waals surface area (Å²) in [5, 5.41) is 7.33. The molecule has 1 heterocycles. The molecule has 18 heavy (non-hydrogen) atoms. The van der Waals surface area contributed by atoms with E-state index < -0.39 is 0 Å². The molecule has 0 aliphatic heterocycles. The maximum Gasteiger partial charge on any atom is 0.110 e. The van der Waals surface area contributed by atoms with Crippen molar-refractivity contribution < 1.29 is 0 Å². The van der Waals surface area contributed by atoms with Crippen molar-refractivity contribution in [3.8, 4) is 0 Å². The molecule has 1 saturated carbocycles. The summed E-state index contributed by atoms with van der Waals surface area (Å²) in [4.78, 5) is 4.85. The topological polar surface area (TPSA) is 24.9 Å². The molecule has 2 atom stereocenters. The highest BCUT2D eigenvalue weighted by atomic mass is 32.1. The number of thiazole rings is 1. The van der Waals surface area contributed by atoms with Gasteiger partial charge < -0.3 is 5.32 Å². The molecule has 3 heteroatoms. The number of nitrogens with one attached hydrogen (secondary N) is 1. The molecule has 0 saturated heterocycles. The monoisotopic (exact) mass is 266 g/mol. The molecule has 1 aromatic rings. The van der Waals surface area contributed by atoms with Gasteiger partial charge in [-0.3, -0.25) is 0 Å². The minimum Gasteiger partial charge on any atom is -0.305 e. The highest BCUT2D eigenvalue weighted by molar-refractivity contribution is 7.09. The summed E-state index contributed by atoms with van der Waals surface area (Å²) in [5.74, 6) is 1.22. The summed E-state index contributed by atoms with van der Waals surface area (Å²) in [6, 6.07) is 1.22. The van der Waals surface area contributed by atoms with E-state index in [1.807, 2.05) is 11.3 Å². The summed E-state index contributed by atoms with van der Waals surface area (Å²) in [6.45, 7) is 9.07. The largest absolute Gasteiger partial charge is 0.305 e. The van der Waals surface area contributed by atoms with E-state index in [0.29, 0.717) is 17.9 Å². The maximum atomic E-state index is 4.85. The Balaban J connectivity index is 2.09. The first-order valence-electron chi connectivity index (χ1n) is 7.33. The molecule has 0 spiro atoms. The molecule has 0 radical (unpaired) electrons. The van der Waals surface area contributed by atoms with Crippen molar-refractivity contribution in [2.24, 2.45) is 5.92 Å². The van der Waals surface area contributed by atoms with Crippen LogP contribution in [-0.2, 0) is 0 Å². The fourth-order valence-electron chi connectivity index (χ4n) is 2.31. The lowest BCUT2D eigenvalue weighted by molar-refractivity contribution is 0.358. The minimum atomic E-state index is 0.468. The van der Waals surface area contributed by atoms with Crippen LogP contribution in [0.15, 0.2) is 5.38 Å². The zero-order chi connectivity index (χ0) is 13.1. The van der Waals surface area contributed by atoms with Crippen LogP contribution in [-0.4, -0.2) is 11.0 Å². The van der Waals surface area contributed by atoms with Gasteiger partial charge in [0.05, 0.1) is 11.7 Å². The first-order valence-corrected chi connectivity index (χ1v) is 8.21. The molecule has 0 aromatic carbocycles. The third-order valence-electron chi connectivity index (χ3n) is 3.70. The fourth-order valence-corrected chi connectivity index (χ4v) is 3.49. The molecule has 2 unspecified atom stereocenters. The van der Waals surface area contributed by atoms with E-state index in [1.165, 1.54) is 36.4 Å². The van der Waals surface area contributed by atoms with Gasteiger partial charge in [0.2, 0.25) is 0 Å². The summed E-state index contributed by atoms with van der Waals surface area (Å²) < 4.78 is 0. The van der Waals surface area contributed by atoms with Crippen LogP contribution in [0.2, 0.25) is 0 Å². The van der Waals surface area contributed by atoms with Crippen LogP contribution in [0.25, 0.3) is 0 Å². The molecular formula is C15H26N2S. The summed E-state index contributed by atoms with van der Waals surface area (Å²) >= 11 is 1.84. The van der Waals surface area contributed by atoms with Crippen molar-refractivity contribution in [3.63, 3.8) is 0 Å². The van der Waals surface area contributed by atoms with Gasteiger partial charge >= 0.3 is 0 Å². The second-order valence-corrected chi connectivity index (χ2v) is 6.84. The predicted molar refractivity (Wildman–Crippen MR) is 79.2 cm³/mol. The van der Waals surface area contributed by atoms with Crippen LogP contribution >= 0.6 is 11.3 Å². The Labute approximate surface area is 115 Å². The second kappa shape index (κ2) is 6.16. The summed E-state index contributed by atoms with van der Waals surface area (Å²) in [5.41, 5.74) is 1.25. The second-order valence-electron chi connectivity index (χ2n) is 5.95. The lowest BCUT2D eigenvalue weighted by Crippen LogP contribution is -2.28. The minimum absolute atomic E-state index is 0.468. The van der Waals surface area contributed by atoms with E-state index in [4.69, 9.17) is 4.98 Å². The van der Waals surface area contributed by atoms with Crippen LogP contribution in [0.4, 0.5) is 0 Å². The molecule has 1 aliphatic rings. The summed E-state index contributed by atoms with van der Waals surface area (Å²) in [6.07, 6.45) is 5.23. The molecule has 102 valence electrons. The fraction of sp³-hybridized carbons (Fsp3) is 0.800. The van der Waals surface area contributed by atoms with Crippen molar-refractivity contribution in [3.05, 3.63) is 16.1 Å². The first-order chi connectivity index (χ1) is 8.61. The molecule has 0 bridgehead atoms. The molecule has 1 aliphatic carbocycles. The van der Waals surface area contributed by atoms with Crippen LogP contribution in [0.5, 0.6) is 0 Å². The lowest BCUT2D eigenvalue weighted by atomic mass is 9.97.